The van der Waals surface area contributed by atoms with E-state index in [9.17, 15) is 14.7 Å². The zero-order chi connectivity index (χ0) is 24.5. The summed E-state index contributed by atoms with van der Waals surface area (Å²) >= 11 is 0. The largest absolute Gasteiger partial charge is 0.464 e. The van der Waals surface area contributed by atoms with Crippen molar-refractivity contribution >= 4 is 34.3 Å². The van der Waals surface area contributed by atoms with E-state index in [-0.39, 0.29) is 30.7 Å². The molecule has 0 aliphatic heterocycles. The Hall–Kier alpha value is -3.43. The van der Waals surface area contributed by atoms with Crippen LogP contribution in [0, 0.1) is 0 Å². The number of nitrogens with one attached hydrogen (secondary N) is 2. The number of carbonyl (C=O) groups excluding carboxylic acids is 2. The van der Waals surface area contributed by atoms with E-state index in [1.807, 2.05) is 43.3 Å². The molecule has 0 saturated carbocycles. The number of ether oxygens (including phenoxy) is 2. The predicted octanol–water partition coefficient (Wildman–Crippen LogP) is 3.22. The molecule has 182 valence electrons. The first-order chi connectivity index (χ1) is 16.5. The molecule has 9 heteroatoms. The monoisotopic (exact) mass is 468 g/mol. The van der Waals surface area contributed by atoms with Crippen LogP contribution in [0.5, 0.6) is 0 Å². The normalized spacial score (nSPS) is 11.9. The van der Waals surface area contributed by atoms with E-state index in [1.165, 1.54) is 7.11 Å². The molecular weight excluding hydrogens is 436 g/mol. The van der Waals surface area contributed by atoms with Crippen molar-refractivity contribution in [3.63, 3.8) is 0 Å². The number of carbonyl (C=O) groups is 2. The van der Waals surface area contributed by atoms with Gasteiger partial charge in [-0.15, -0.1) is 0 Å². The number of aliphatic hydroxyl groups excluding tert-OH is 1. The highest BCUT2D eigenvalue weighted by Crippen LogP contribution is 2.33. The van der Waals surface area contributed by atoms with Crippen LogP contribution in [0.25, 0.3) is 11.0 Å². The van der Waals surface area contributed by atoms with Crippen molar-refractivity contribution in [2.24, 2.45) is 0 Å². The van der Waals surface area contributed by atoms with Gasteiger partial charge in [0.1, 0.15) is 5.65 Å². The van der Waals surface area contributed by atoms with Crippen molar-refractivity contribution in [1.82, 2.24) is 9.55 Å². The zero-order valence-electron chi connectivity index (χ0n) is 19.8. The van der Waals surface area contributed by atoms with E-state index < -0.39 is 5.97 Å². The van der Waals surface area contributed by atoms with Crippen LogP contribution in [0.1, 0.15) is 35.8 Å². The maximum atomic E-state index is 12.9. The zero-order valence-corrected chi connectivity index (χ0v) is 19.8. The number of benzene rings is 1. The smallest absolute Gasteiger partial charge is 0.356 e. The summed E-state index contributed by atoms with van der Waals surface area (Å²) in [4.78, 5) is 30.3. The minimum atomic E-state index is -0.573. The topological polar surface area (TPSA) is 115 Å². The molecule has 3 aromatic rings. The Morgan fingerprint density at radius 3 is 2.65 bits per heavy atom. The van der Waals surface area contributed by atoms with Gasteiger partial charge >= 0.3 is 5.97 Å². The van der Waals surface area contributed by atoms with Gasteiger partial charge in [-0.1, -0.05) is 30.3 Å². The number of nitrogens with zero attached hydrogens (tertiary/aromatic N) is 2. The van der Waals surface area contributed by atoms with Crippen molar-refractivity contribution in [3.05, 3.63) is 53.9 Å². The number of methoxy groups -OCH3 is 2. The number of rotatable bonds is 12. The summed E-state index contributed by atoms with van der Waals surface area (Å²) in [6.07, 6.45) is 3.07. The molecule has 2 heterocycles. The predicted molar refractivity (Wildman–Crippen MR) is 131 cm³/mol. The maximum Gasteiger partial charge on any atom is 0.356 e. The Bertz CT molecular complexity index is 1110. The van der Waals surface area contributed by atoms with E-state index in [4.69, 9.17) is 9.47 Å². The van der Waals surface area contributed by atoms with Crippen LogP contribution in [0.2, 0.25) is 0 Å². The highest BCUT2D eigenvalue weighted by atomic mass is 16.5. The van der Waals surface area contributed by atoms with Gasteiger partial charge in [0, 0.05) is 38.1 Å². The Kier molecular flexibility index (Phi) is 9.00. The lowest BCUT2D eigenvalue weighted by atomic mass is 10.1. The molecule has 1 aromatic carbocycles. The van der Waals surface area contributed by atoms with Crippen LogP contribution in [0.3, 0.4) is 0 Å². The van der Waals surface area contributed by atoms with Crippen LogP contribution in [0.4, 0.5) is 11.4 Å². The van der Waals surface area contributed by atoms with Gasteiger partial charge in [0.25, 0.3) is 0 Å². The van der Waals surface area contributed by atoms with Crippen LogP contribution in [0.15, 0.2) is 42.6 Å². The number of aryl methyl sites for hydroxylation is 1. The molecule has 0 fully saturated rings. The Labute approximate surface area is 199 Å². The average Bonchev–Trinajstić information content (AvgIpc) is 3.14. The first kappa shape index (κ1) is 25.2. The van der Waals surface area contributed by atoms with Gasteiger partial charge in [0.05, 0.1) is 31.3 Å². The standard InChI is InChI=1S/C25H32N4O5/c1-17(11-13-30)27-19-15-20-22(28-21(31)10-9-18-7-5-4-6-8-18)23(25(32)34-3)29(12-14-33-2)24(20)26-16-19/h4-8,15-17,27,30H,9-14H2,1-3H3,(H,28,31). The van der Waals surface area contributed by atoms with Crippen LogP contribution in [-0.4, -0.2) is 60.0 Å². The van der Waals surface area contributed by atoms with E-state index in [0.717, 1.165) is 5.56 Å². The third-order valence-corrected chi connectivity index (χ3v) is 5.52. The molecule has 1 amide bonds. The summed E-state index contributed by atoms with van der Waals surface area (Å²) in [5.41, 5.74) is 2.89. The molecule has 1 atom stereocenters. The molecular formula is C25H32N4O5. The number of anilines is 2. The number of pyridine rings is 1. The number of amides is 1. The first-order valence-electron chi connectivity index (χ1n) is 11.3. The Morgan fingerprint density at radius 2 is 1.97 bits per heavy atom. The number of aliphatic hydroxyl groups is 1. The summed E-state index contributed by atoms with van der Waals surface area (Å²) < 4.78 is 12.0. The number of aromatic nitrogens is 2. The van der Waals surface area contributed by atoms with Gasteiger partial charge in [-0.3, -0.25) is 4.79 Å². The van der Waals surface area contributed by atoms with Gasteiger partial charge in [-0.25, -0.2) is 9.78 Å². The fraction of sp³-hybridized carbons (Fsp3) is 0.400. The molecule has 0 saturated heterocycles. The lowest BCUT2D eigenvalue weighted by Gasteiger charge is -2.14. The summed E-state index contributed by atoms with van der Waals surface area (Å²) in [5, 5.41) is 16.0. The minimum absolute atomic E-state index is 0.0174. The third-order valence-electron chi connectivity index (χ3n) is 5.52. The minimum Gasteiger partial charge on any atom is -0.464 e. The number of hydrogen-bond donors (Lipinski definition) is 3. The molecule has 9 nitrogen and oxygen atoms in total. The summed E-state index contributed by atoms with van der Waals surface area (Å²) in [7, 11) is 2.88. The first-order valence-corrected chi connectivity index (χ1v) is 11.3. The van der Waals surface area contributed by atoms with E-state index >= 15 is 0 Å². The molecule has 34 heavy (non-hydrogen) atoms. The SMILES string of the molecule is COCCn1c(C(=O)OC)c(NC(=O)CCc2ccccc2)c2cc(NC(C)CCO)cnc21. The average molecular weight is 469 g/mol. The van der Waals surface area contributed by atoms with Crippen LogP contribution < -0.4 is 10.6 Å². The lowest BCUT2D eigenvalue weighted by molar-refractivity contribution is -0.116. The molecule has 0 radical (unpaired) electrons. The second-order valence-corrected chi connectivity index (χ2v) is 8.05. The fourth-order valence-corrected chi connectivity index (χ4v) is 3.79. The van der Waals surface area contributed by atoms with Gasteiger partial charge in [0.2, 0.25) is 5.91 Å². The molecule has 1 unspecified atom stereocenters. The van der Waals surface area contributed by atoms with Crippen LogP contribution in [-0.2, 0) is 27.2 Å². The van der Waals surface area contributed by atoms with Crippen molar-refractivity contribution in [3.8, 4) is 0 Å². The molecule has 0 bridgehead atoms. The second kappa shape index (κ2) is 12.2. The molecule has 3 N–H and O–H groups in total. The maximum absolute atomic E-state index is 12.9. The summed E-state index contributed by atoms with van der Waals surface area (Å²) in [6, 6.07) is 11.6. The highest BCUT2D eigenvalue weighted by molar-refractivity contribution is 6.11. The second-order valence-electron chi connectivity index (χ2n) is 8.05. The summed E-state index contributed by atoms with van der Waals surface area (Å²) in [5.74, 6) is -0.789. The number of esters is 1. The van der Waals surface area contributed by atoms with Gasteiger partial charge in [0.15, 0.2) is 5.69 Å². The third kappa shape index (κ3) is 6.12. The quantitative estimate of drug-likeness (QED) is 0.350. The molecule has 3 rings (SSSR count). The highest BCUT2D eigenvalue weighted by Gasteiger charge is 2.26. The molecule has 0 aliphatic rings. The van der Waals surface area contributed by atoms with E-state index in [0.29, 0.717) is 48.4 Å². The van der Waals surface area contributed by atoms with Gasteiger partial charge in [-0.05, 0) is 31.4 Å². The van der Waals surface area contributed by atoms with Crippen molar-refractivity contribution in [2.45, 2.75) is 38.8 Å². The van der Waals surface area contributed by atoms with Crippen molar-refractivity contribution < 1.29 is 24.2 Å². The Balaban J connectivity index is 1.99. The molecule has 0 aliphatic carbocycles. The number of fused-ring (bicyclic) bond motifs is 1. The lowest BCUT2D eigenvalue weighted by Crippen LogP contribution is -2.18. The van der Waals surface area contributed by atoms with E-state index in [1.54, 1.807) is 17.9 Å². The molecule has 2 aromatic heterocycles. The van der Waals surface area contributed by atoms with Crippen molar-refractivity contribution in [2.75, 3.05) is 38.1 Å². The van der Waals surface area contributed by atoms with Crippen LogP contribution >= 0.6 is 0 Å². The van der Waals surface area contributed by atoms with Gasteiger partial charge in [-0.2, -0.15) is 0 Å². The van der Waals surface area contributed by atoms with E-state index in [2.05, 4.69) is 15.6 Å². The summed E-state index contributed by atoms with van der Waals surface area (Å²) in [6.45, 7) is 2.73. The molecule has 0 spiro atoms. The fourth-order valence-electron chi connectivity index (χ4n) is 3.79. The van der Waals surface area contributed by atoms with Crippen molar-refractivity contribution in [1.29, 1.82) is 0 Å². The Morgan fingerprint density at radius 1 is 1.21 bits per heavy atom. The number of hydrogen-bond acceptors (Lipinski definition) is 7. The van der Waals surface area contributed by atoms with Gasteiger partial charge < -0.3 is 29.8 Å².